The summed E-state index contributed by atoms with van der Waals surface area (Å²) in [6.45, 7) is 8.35. The molecule has 0 aliphatic rings. The third-order valence-electron chi connectivity index (χ3n) is 8.83. The number of benzene rings is 7. The number of nitrogens with zero attached hydrogens (tertiary/aromatic N) is 1. The molecular formula is C47H43N3. The Kier molecular flexibility index (Phi) is 10.7. The highest BCUT2D eigenvalue weighted by molar-refractivity contribution is 6.21. The zero-order chi connectivity index (χ0) is 34.9. The van der Waals surface area contributed by atoms with Crippen molar-refractivity contribution < 1.29 is 0 Å². The summed E-state index contributed by atoms with van der Waals surface area (Å²) in [6, 6.07) is 58.9. The average molecular weight is 650 g/mol. The van der Waals surface area contributed by atoms with Crippen molar-refractivity contribution in [1.82, 2.24) is 4.98 Å². The van der Waals surface area contributed by atoms with Crippen LogP contribution in [0.1, 0.15) is 22.5 Å². The number of aryl methyl sites for hydroxylation is 4. The lowest BCUT2D eigenvalue weighted by Gasteiger charge is -2.18. The normalized spacial score (nSPS) is 10.5. The zero-order valence-electron chi connectivity index (χ0n) is 29.2. The van der Waals surface area contributed by atoms with Crippen molar-refractivity contribution in [3.05, 3.63) is 192 Å². The minimum Gasteiger partial charge on any atom is -0.397 e. The molecule has 3 N–H and O–H groups in total. The van der Waals surface area contributed by atoms with Crippen LogP contribution in [0.15, 0.2) is 170 Å². The van der Waals surface area contributed by atoms with Crippen molar-refractivity contribution in [2.45, 2.75) is 27.7 Å². The van der Waals surface area contributed by atoms with Crippen molar-refractivity contribution in [3.8, 4) is 22.3 Å². The summed E-state index contributed by atoms with van der Waals surface area (Å²) in [5.41, 5.74) is 18.6. The van der Waals surface area contributed by atoms with Gasteiger partial charge < -0.3 is 11.1 Å². The summed E-state index contributed by atoms with van der Waals surface area (Å²) >= 11 is 0. The fourth-order valence-corrected chi connectivity index (χ4v) is 6.20. The topological polar surface area (TPSA) is 50.9 Å². The Labute approximate surface area is 296 Å². The molecule has 0 radical (unpaired) electrons. The van der Waals surface area contributed by atoms with Crippen LogP contribution in [0.25, 0.3) is 43.8 Å². The van der Waals surface area contributed by atoms with Gasteiger partial charge in [-0.25, -0.2) is 0 Å². The fourth-order valence-electron chi connectivity index (χ4n) is 6.20. The van der Waals surface area contributed by atoms with Crippen LogP contribution in [-0.2, 0) is 0 Å². The number of anilines is 3. The number of hydrogen-bond donors (Lipinski definition) is 2. The SMILES string of the molecule is Cc1ccc(-c2c3ccccc3c(-c3ccc(Nc4ccccc4N)cc3)c3ccccc23)cc1C.Cc1cccc(C)n1.c1ccccc1. The zero-order valence-corrected chi connectivity index (χ0v) is 29.2. The Bertz CT molecular complexity index is 2240. The smallest absolute Gasteiger partial charge is 0.0617 e. The van der Waals surface area contributed by atoms with E-state index in [0.717, 1.165) is 28.5 Å². The second kappa shape index (κ2) is 15.8. The Hall–Kier alpha value is -6.19. The van der Waals surface area contributed by atoms with Gasteiger partial charge in [0.25, 0.3) is 0 Å². The predicted octanol–water partition coefficient (Wildman–Crippen LogP) is 12.7. The minimum atomic E-state index is 0.737. The van der Waals surface area contributed by atoms with Crippen LogP contribution in [0.2, 0.25) is 0 Å². The number of nitrogen functional groups attached to an aromatic ring is 1. The molecule has 0 fully saturated rings. The molecule has 1 aromatic heterocycles. The van der Waals surface area contributed by atoms with Gasteiger partial charge in [-0.1, -0.05) is 133 Å². The molecule has 7 aromatic carbocycles. The highest BCUT2D eigenvalue weighted by atomic mass is 14.9. The number of aromatic nitrogens is 1. The van der Waals surface area contributed by atoms with E-state index in [4.69, 9.17) is 5.73 Å². The minimum absolute atomic E-state index is 0.737. The van der Waals surface area contributed by atoms with Gasteiger partial charge in [0.2, 0.25) is 0 Å². The molecule has 246 valence electrons. The molecule has 0 bridgehead atoms. The molecule has 0 aliphatic carbocycles. The largest absolute Gasteiger partial charge is 0.397 e. The monoisotopic (exact) mass is 649 g/mol. The third-order valence-corrected chi connectivity index (χ3v) is 8.83. The van der Waals surface area contributed by atoms with Crippen molar-refractivity contribution in [3.63, 3.8) is 0 Å². The number of rotatable bonds is 4. The van der Waals surface area contributed by atoms with Crippen LogP contribution in [0, 0.1) is 27.7 Å². The van der Waals surface area contributed by atoms with E-state index in [-0.39, 0.29) is 0 Å². The number of nitrogens with one attached hydrogen (secondary N) is 1. The lowest BCUT2D eigenvalue weighted by atomic mass is 9.85. The van der Waals surface area contributed by atoms with E-state index in [1.54, 1.807) is 0 Å². The van der Waals surface area contributed by atoms with E-state index in [2.05, 4.69) is 115 Å². The molecule has 0 aliphatic heterocycles. The van der Waals surface area contributed by atoms with Gasteiger partial charge in [0.15, 0.2) is 0 Å². The molecule has 0 atom stereocenters. The standard InChI is InChI=1S/C34H28N2.C7H9N.C6H6/c1-22-15-16-25(21-23(22)2)34-29-11-5-3-9-27(29)33(28-10-4-6-12-30(28)34)24-17-19-26(20-18-24)36-32-14-8-7-13-31(32)35;1-6-4-3-5-7(2)8-6;1-2-4-6-5-3-1/h3-21,36H,35H2,1-2H3;3-5H,1-2H3;1-6H. The molecule has 0 unspecified atom stereocenters. The maximum absolute atomic E-state index is 6.13. The maximum atomic E-state index is 6.13. The fraction of sp³-hybridized carbons (Fsp3) is 0.0851. The average Bonchev–Trinajstić information content (AvgIpc) is 3.14. The first kappa shape index (κ1) is 33.7. The molecule has 8 rings (SSSR count). The molecule has 50 heavy (non-hydrogen) atoms. The maximum Gasteiger partial charge on any atom is 0.0617 e. The van der Waals surface area contributed by atoms with Crippen LogP contribution < -0.4 is 11.1 Å². The van der Waals surface area contributed by atoms with E-state index in [1.807, 2.05) is 92.7 Å². The van der Waals surface area contributed by atoms with Crippen molar-refractivity contribution in [2.24, 2.45) is 0 Å². The Balaban J connectivity index is 0.000000256. The van der Waals surface area contributed by atoms with Crippen LogP contribution in [0.5, 0.6) is 0 Å². The van der Waals surface area contributed by atoms with Gasteiger partial charge >= 0.3 is 0 Å². The van der Waals surface area contributed by atoms with Gasteiger partial charge in [0, 0.05) is 17.1 Å². The molecule has 0 amide bonds. The summed E-state index contributed by atoms with van der Waals surface area (Å²) in [5.74, 6) is 0. The number of para-hydroxylation sites is 2. The van der Waals surface area contributed by atoms with E-state index < -0.39 is 0 Å². The summed E-state index contributed by atoms with van der Waals surface area (Å²) < 4.78 is 0. The molecule has 3 nitrogen and oxygen atoms in total. The first-order valence-electron chi connectivity index (χ1n) is 17.0. The van der Waals surface area contributed by atoms with Crippen molar-refractivity contribution >= 4 is 38.6 Å². The second-order valence-corrected chi connectivity index (χ2v) is 12.5. The van der Waals surface area contributed by atoms with Gasteiger partial charge in [-0.15, -0.1) is 0 Å². The van der Waals surface area contributed by atoms with Crippen LogP contribution in [-0.4, -0.2) is 4.98 Å². The molecule has 1 heterocycles. The second-order valence-electron chi connectivity index (χ2n) is 12.5. The quantitative estimate of drug-likeness (QED) is 0.147. The van der Waals surface area contributed by atoms with Crippen molar-refractivity contribution in [2.75, 3.05) is 11.1 Å². The van der Waals surface area contributed by atoms with E-state index in [0.29, 0.717) is 0 Å². The summed E-state index contributed by atoms with van der Waals surface area (Å²) in [4.78, 5) is 4.17. The Morgan fingerprint density at radius 1 is 0.420 bits per heavy atom. The summed E-state index contributed by atoms with van der Waals surface area (Å²) in [5, 5.41) is 8.51. The van der Waals surface area contributed by atoms with E-state index in [9.17, 15) is 0 Å². The Morgan fingerprint density at radius 3 is 1.34 bits per heavy atom. The van der Waals surface area contributed by atoms with Gasteiger partial charge in [-0.2, -0.15) is 0 Å². The number of hydrogen-bond acceptors (Lipinski definition) is 3. The lowest BCUT2D eigenvalue weighted by molar-refractivity contribution is 1.12. The molecular weight excluding hydrogens is 607 g/mol. The Morgan fingerprint density at radius 2 is 0.880 bits per heavy atom. The number of fused-ring (bicyclic) bond motifs is 2. The van der Waals surface area contributed by atoms with Crippen LogP contribution in [0.4, 0.5) is 17.1 Å². The lowest BCUT2D eigenvalue weighted by Crippen LogP contribution is -1.96. The summed E-state index contributed by atoms with van der Waals surface area (Å²) in [7, 11) is 0. The molecule has 3 heteroatoms. The molecule has 8 aromatic rings. The third kappa shape index (κ3) is 7.91. The highest BCUT2D eigenvalue weighted by Gasteiger charge is 2.16. The molecule has 0 saturated carbocycles. The molecule has 0 saturated heterocycles. The number of nitrogens with two attached hydrogens (primary N) is 1. The van der Waals surface area contributed by atoms with E-state index >= 15 is 0 Å². The molecule has 0 spiro atoms. The van der Waals surface area contributed by atoms with Gasteiger partial charge in [0.1, 0.15) is 0 Å². The summed E-state index contributed by atoms with van der Waals surface area (Å²) in [6.07, 6.45) is 0. The van der Waals surface area contributed by atoms with Crippen LogP contribution >= 0.6 is 0 Å². The van der Waals surface area contributed by atoms with Gasteiger partial charge in [-0.05, 0) is 119 Å². The van der Waals surface area contributed by atoms with Crippen LogP contribution in [0.3, 0.4) is 0 Å². The first-order chi connectivity index (χ1) is 24.4. The highest BCUT2D eigenvalue weighted by Crippen LogP contribution is 2.44. The van der Waals surface area contributed by atoms with Crippen molar-refractivity contribution in [1.29, 1.82) is 0 Å². The first-order valence-corrected chi connectivity index (χ1v) is 17.0. The van der Waals surface area contributed by atoms with Gasteiger partial charge in [-0.3, -0.25) is 4.98 Å². The number of pyridine rings is 1. The van der Waals surface area contributed by atoms with E-state index in [1.165, 1.54) is 54.9 Å². The predicted molar refractivity (Wildman–Crippen MR) is 216 cm³/mol. The van der Waals surface area contributed by atoms with Gasteiger partial charge in [0.05, 0.1) is 11.4 Å².